The molecule has 0 fully saturated rings. The highest BCUT2D eigenvalue weighted by Crippen LogP contribution is 2.21. The Morgan fingerprint density at radius 2 is 1.65 bits per heavy atom. The largest absolute Gasteiger partial charge is 0.317 e. The molecule has 2 N–H and O–H groups in total. The van der Waals surface area contributed by atoms with E-state index in [9.17, 15) is 0 Å². The number of nitrogens with one attached hydrogen (secondary N) is 2. The highest BCUT2D eigenvalue weighted by atomic mass is 14.9. The average Bonchev–Trinajstić information content (AvgIpc) is 2.35. The van der Waals surface area contributed by atoms with Crippen LogP contribution < -0.4 is 10.6 Å². The summed E-state index contributed by atoms with van der Waals surface area (Å²) in [5, 5.41) is 6.88. The zero-order valence-corrected chi connectivity index (χ0v) is 11.4. The molecule has 17 heavy (non-hydrogen) atoms. The van der Waals surface area contributed by atoms with E-state index in [1.165, 1.54) is 12.0 Å². The van der Waals surface area contributed by atoms with Crippen molar-refractivity contribution in [3.63, 3.8) is 0 Å². The molecule has 0 bridgehead atoms. The maximum absolute atomic E-state index is 3.54. The van der Waals surface area contributed by atoms with Crippen LogP contribution in [0, 0.1) is 0 Å². The smallest absolute Gasteiger partial charge is 0.00431 e. The average molecular weight is 234 g/mol. The minimum absolute atomic E-state index is 0.208. The fraction of sp³-hybridized carbons (Fsp3) is 0.600. The fourth-order valence-electron chi connectivity index (χ4n) is 1.91. The number of hydrogen-bond donors (Lipinski definition) is 2. The molecule has 0 radical (unpaired) electrons. The third-order valence-corrected chi connectivity index (χ3v) is 3.08. The second-order valence-corrected chi connectivity index (χ2v) is 5.13. The SMILES string of the molecule is CCNCCCNCC(C)(C)c1ccccc1. The minimum Gasteiger partial charge on any atom is -0.317 e. The van der Waals surface area contributed by atoms with Gasteiger partial charge in [-0.25, -0.2) is 0 Å². The van der Waals surface area contributed by atoms with E-state index in [1.807, 2.05) is 0 Å². The number of hydrogen-bond acceptors (Lipinski definition) is 2. The van der Waals surface area contributed by atoms with Gasteiger partial charge in [0.2, 0.25) is 0 Å². The van der Waals surface area contributed by atoms with Crippen molar-refractivity contribution in [2.45, 2.75) is 32.6 Å². The molecule has 0 aliphatic heterocycles. The van der Waals surface area contributed by atoms with Crippen molar-refractivity contribution in [2.75, 3.05) is 26.2 Å². The lowest BCUT2D eigenvalue weighted by Gasteiger charge is -2.25. The molecule has 0 amide bonds. The van der Waals surface area contributed by atoms with Crippen LogP contribution in [0.1, 0.15) is 32.8 Å². The van der Waals surface area contributed by atoms with Gasteiger partial charge < -0.3 is 10.6 Å². The molecule has 1 aromatic rings. The van der Waals surface area contributed by atoms with Crippen molar-refractivity contribution in [1.82, 2.24) is 10.6 Å². The highest BCUT2D eigenvalue weighted by Gasteiger charge is 2.19. The number of benzene rings is 1. The summed E-state index contributed by atoms with van der Waals surface area (Å²) < 4.78 is 0. The molecule has 0 atom stereocenters. The first kappa shape index (κ1) is 14.2. The topological polar surface area (TPSA) is 24.1 Å². The van der Waals surface area contributed by atoms with Crippen LogP contribution in [0.5, 0.6) is 0 Å². The van der Waals surface area contributed by atoms with Gasteiger partial charge >= 0.3 is 0 Å². The molecule has 2 nitrogen and oxygen atoms in total. The Hall–Kier alpha value is -0.860. The summed E-state index contributed by atoms with van der Waals surface area (Å²) in [4.78, 5) is 0. The van der Waals surface area contributed by atoms with E-state index in [0.717, 1.165) is 26.2 Å². The van der Waals surface area contributed by atoms with Crippen LogP contribution in [0.2, 0.25) is 0 Å². The lowest BCUT2D eigenvalue weighted by Crippen LogP contribution is -2.34. The highest BCUT2D eigenvalue weighted by molar-refractivity contribution is 5.23. The van der Waals surface area contributed by atoms with E-state index in [0.29, 0.717) is 0 Å². The third-order valence-electron chi connectivity index (χ3n) is 3.08. The van der Waals surface area contributed by atoms with Gasteiger partial charge in [0.05, 0.1) is 0 Å². The Labute approximate surface area is 106 Å². The van der Waals surface area contributed by atoms with E-state index in [2.05, 4.69) is 61.7 Å². The van der Waals surface area contributed by atoms with Crippen molar-refractivity contribution in [3.05, 3.63) is 35.9 Å². The zero-order valence-electron chi connectivity index (χ0n) is 11.4. The second-order valence-electron chi connectivity index (χ2n) is 5.13. The van der Waals surface area contributed by atoms with Gasteiger partial charge in [-0.15, -0.1) is 0 Å². The molecular formula is C15H26N2. The summed E-state index contributed by atoms with van der Waals surface area (Å²) in [7, 11) is 0. The van der Waals surface area contributed by atoms with Crippen LogP contribution in [0.4, 0.5) is 0 Å². The van der Waals surface area contributed by atoms with E-state index in [4.69, 9.17) is 0 Å². The molecule has 96 valence electrons. The van der Waals surface area contributed by atoms with Crippen LogP contribution in [0.25, 0.3) is 0 Å². The van der Waals surface area contributed by atoms with Crippen molar-refractivity contribution < 1.29 is 0 Å². The van der Waals surface area contributed by atoms with Gasteiger partial charge in [-0.1, -0.05) is 51.1 Å². The molecule has 0 saturated heterocycles. The van der Waals surface area contributed by atoms with Gasteiger partial charge in [-0.05, 0) is 31.6 Å². The second kappa shape index (κ2) is 7.46. The lowest BCUT2D eigenvalue weighted by atomic mass is 9.84. The van der Waals surface area contributed by atoms with Crippen LogP contribution in [0.15, 0.2) is 30.3 Å². The quantitative estimate of drug-likeness (QED) is 0.676. The van der Waals surface area contributed by atoms with Crippen molar-refractivity contribution in [2.24, 2.45) is 0 Å². The molecule has 0 spiro atoms. The van der Waals surface area contributed by atoms with Crippen LogP contribution in [-0.2, 0) is 5.41 Å². The van der Waals surface area contributed by atoms with E-state index in [1.54, 1.807) is 0 Å². The maximum Gasteiger partial charge on any atom is 0.00431 e. The zero-order chi connectivity index (χ0) is 12.6. The molecule has 1 rings (SSSR count). The summed E-state index contributed by atoms with van der Waals surface area (Å²) in [5.74, 6) is 0. The molecule has 0 aliphatic rings. The van der Waals surface area contributed by atoms with Gasteiger partial charge in [0.25, 0.3) is 0 Å². The predicted molar refractivity (Wildman–Crippen MR) is 75.5 cm³/mol. The molecule has 1 aromatic carbocycles. The first-order chi connectivity index (χ1) is 8.17. The summed E-state index contributed by atoms with van der Waals surface area (Å²) in [6.45, 7) is 11.0. The van der Waals surface area contributed by atoms with Gasteiger partial charge in [-0.3, -0.25) is 0 Å². The molecule has 0 saturated carbocycles. The standard InChI is InChI=1S/C15H26N2/c1-4-16-11-8-12-17-13-15(2,3)14-9-6-5-7-10-14/h5-7,9-10,16-17H,4,8,11-13H2,1-3H3. The summed E-state index contributed by atoms with van der Waals surface area (Å²) >= 11 is 0. The maximum atomic E-state index is 3.54. The van der Waals surface area contributed by atoms with Gasteiger partial charge in [-0.2, -0.15) is 0 Å². The van der Waals surface area contributed by atoms with Crippen LogP contribution in [0.3, 0.4) is 0 Å². The molecule has 0 unspecified atom stereocenters. The first-order valence-corrected chi connectivity index (χ1v) is 6.64. The molecule has 0 aromatic heterocycles. The van der Waals surface area contributed by atoms with Crippen molar-refractivity contribution in [1.29, 1.82) is 0 Å². The third kappa shape index (κ3) is 5.33. The summed E-state index contributed by atoms with van der Waals surface area (Å²) in [5.41, 5.74) is 1.61. The van der Waals surface area contributed by atoms with Gasteiger partial charge in [0.15, 0.2) is 0 Å². The molecule has 0 heterocycles. The number of rotatable bonds is 8. The van der Waals surface area contributed by atoms with Crippen molar-refractivity contribution in [3.8, 4) is 0 Å². The normalized spacial score (nSPS) is 11.7. The van der Waals surface area contributed by atoms with E-state index >= 15 is 0 Å². The van der Waals surface area contributed by atoms with Gasteiger partial charge in [0, 0.05) is 12.0 Å². The first-order valence-electron chi connectivity index (χ1n) is 6.64. The monoisotopic (exact) mass is 234 g/mol. The summed E-state index contributed by atoms with van der Waals surface area (Å²) in [6.07, 6.45) is 1.19. The Balaban J connectivity index is 2.26. The Bertz CT molecular complexity index is 293. The minimum atomic E-state index is 0.208. The predicted octanol–water partition coefficient (Wildman–Crippen LogP) is 2.55. The van der Waals surface area contributed by atoms with Crippen LogP contribution >= 0.6 is 0 Å². The van der Waals surface area contributed by atoms with Crippen molar-refractivity contribution >= 4 is 0 Å². The fourth-order valence-corrected chi connectivity index (χ4v) is 1.91. The summed E-state index contributed by atoms with van der Waals surface area (Å²) in [6, 6.07) is 10.7. The molecular weight excluding hydrogens is 208 g/mol. The van der Waals surface area contributed by atoms with Crippen LogP contribution in [-0.4, -0.2) is 26.2 Å². The Morgan fingerprint density at radius 3 is 2.29 bits per heavy atom. The van der Waals surface area contributed by atoms with E-state index in [-0.39, 0.29) is 5.41 Å². The lowest BCUT2D eigenvalue weighted by molar-refractivity contribution is 0.463. The Morgan fingerprint density at radius 1 is 1.00 bits per heavy atom. The van der Waals surface area contributed by atoms with Gasteiger partial charge in [0.1, 0.15) is 0 Å². The Kier molecular flexibility index (Phi) is 6.23. The molecule has 2 heteroatoms. The van der Waals surface area contributed by atoms with E-state index < -0.39 is 0 Å². The molecule has 0 aliphatic carbocycles.